The van der Waals surface area contributed by atoms with Crippen molar-refractivity contribution < 1.29 is 9.53 Å². The summed E-state index contributed by atoms with van der Waals surface area (Å²) < 4.78 is 5.76. The molecule has 0 radical (unpaired) electrons. The highest BCUT2D eigenvalue weighted by atomic mass is 32.1. The molecule has 142 valence electrons. The Morgan fingerprint density at radius 1 is 1.14 bits per heavy atom. The molecule has 1 N–H and O–H groups in total. The van der Waals surface area contributed by atoms with Crippen molar-refractivity contribution in [2.75, 3.05) is 7.11 Å². The van der Waals surface area contributed by atoms with E-state index in [1.54, 1.807) is 0 Å². The minimum Gasteiger partial charge on any atom is -0.469 e. The average molecular weight is 394 g/mol. The third-order valence-corrected chi connectivity index (χ3v) is 5.66. The molecular weight excluding hydrogens is 376 g/mol. The number of methoxy groups -OCH3 is 1. The second-order valence-electron chi connectivity index (χ2n) is 6.48. The van der Waals surface area contributed by atoms with Gasteiger partial charge in [-0.2, -0.15) is 0 Å². The zero-order valence-electron chi connectivity index (χ0n) is 15.2. The van der Waals surface area contributed by atoms with E-state index in [1.165, 1.54) is 18.4 Å². The van der Waals surface area contributed by atoms with Crippen molar-refractivity contribution in [2.24, 2.45) is 0 Å². The molecule has 0 spiro atoms. The fourth-order valence-corrected chi connectivity index (χ4v) is 4.26. The van der Waals surface area contributed by atoms with E-state index in [-0.39, 0.29) is 24.5 Å². The van der Waals surface area contributed by atoms with Gasteiger partial charge in [0, 0.05) is 23.9 Å². The van der Waals surface area contributed by atoms with Crippen LogP contribution in [-0.4, -0.2) is 22.6 Å². The Hall–Kier alpha value is -3.19. The molecule has 0 saturated carbocycles. The number of thiophene rings is 1. The van der Waals surface area contributed by atoms with Crippen LogP contribution in [0.25, 0.3) is 32.1 Å². The third kappa shape index (κ3) is 3.25. The van der Waals surface area contributed by atoms with Crippen molar-refractivity contribution in [3.63, 3.8) is 0 Å². The molecule has 0 amide bonds. The number of hydrogen-bond donors (Lipinski definition) is 1. The summed E-state index contributed by atoms with van der Waals surface area (Å²) in [4.78, 5) is 40.0. The first kappa shape index (κ1) is 18.2. The Labute approximate surface area is 164 Å². The van der Waals surface area contributed by atoms with Crippen LogP contribution in [0.1, 0.15) is 12.8 Å². The van der Waals surface area contributed by atoms with Crippen LogP contribution in [0.15, 0.2) is 57.4 Å². The summed E-state index contributed by atoms with van der Waals surface area (Å²) in [5.74, 6) is -0.363. The van der Waals surface area contributed by atoms with Crippen molar-refractivity contribution in [2.45, 2.75) is 19.4 Å². The van der Waals surface area contributed by atoms with Gasteiger partial charge < -0.3 is 4.74 Å². The van der Waals surface area contributed by atoms with Gasteiger partial charge in [-0.25, -0.2) is 4.79 Å². The highest BCUT2D eigenvalue weighted by Crippen LogP contribution is 2.32. The molecule has 2 aromatic carbocycles. The molecule has 7 heteroatoms. The van der Waals surface area contributed by atoms with Gasteiger partial charge in [-0.1, -0.05) is 36.4 Å². The molecule has 2 heterocycles. The molecule has 0 saturated heterocycles. The van der Waals surface area contributed by atoms with Crippen LogP contribution >= 0.6 is 11.3 Å². The fourth-order valence-electron chi connectivity index (χ4n) is 3.31. The van der Waals surface area contributed by atoms with Crippen molar-refractivity contribution >= 4 is 38.3 Å². The Morgan fingerprint density at radius 2 is 1.93 bits per heavy atom. The van der Waals surface area contributed by atoms with E-state index >= 15 is 0 Å². The molecule has 0 fully saturated rings. The van der Waals surface area contributed by atoms with Crippen molar-refractivity contribution in [1.82, 2.24) is 9.55 Å². The first-order valence-corrected chi connectivity index (χ1v) is 9.77. The first-order valence-electron chi connectivity index (χ1n) is 8.89. The molecule has 6 nitrogen and oxygen atoms in total. The summed E-state index contributed by atoms with van der Waals surface area (Å²) in [6.45, 7) is 0.159. The monoisotopic (exact) mass is 394 g/mol. The van der Waals surface area contributed by atoms with Gasteiger partial charge in [-0.3, -0.25) is 19.1 Å². The van der Waals surface area contributed by atoms with Crippen molar-refractivity contribution in [3.8, 4) is 11.1 Å². The highest BCUT2D eigenvalue weighted by Gasteiger charge is 2.15. The predicted octanol–water partition coefficient (Wildman–Crippen LogP) is 3.52. The number of H-pyrrole nitrogens is 1. The van der Waals surface area contributed by atoms with Gasteiger partial charge in [0.25, 0.3) is 5.56 Å². The van der Waals surface area contributed by atoms with E-state index in [0.717, 1.165) is 26.5 Å². The molecule has 0 aliphatic carbocycles. The number of carbonyl (C=O) groups excluding carboxylic acids is 1. The second kappa shape index (κ2) is 7.44. The summed E-state index contributed by atoms with van der Waals surface area (Å²) in [6.07, 6.45) is 0.512. The number of fused-ring (bicyclic) bond motifs is 2. The second-order valence-corrected chi connectivity index (χ2v) is 7.36. The smallest absolute Gasteiger partial charge is 0.329 e. The van der Waals surface area contributed by atoms with E-state index in [0.29, 0.717) is 16.6 Å². The molecule has 4 rings (SSSR count). The predicted molar refractivity (Wildman–Crippen MR) is 111 cm³/mol. The molecule has 0 aliphatic heterocycles. The molecule has 0 atom stereocenters. The summed E-state index contributed by atoms with van der Waals surface area (Å²) in [5, 5.41) is 4.60. The maximum Gasteiger partial charge on any atom is 0.329 e. The van der Waals surface area contributed by atoms with Crippen LogP contribution in [0.5, 0.6) is 0 Å². The summed E-state index contributed by atoms with van der Waals surface area (Å²) in [6, 6.07) is 14.1. The molecular formula is C21H18N2O4S. The van der Waals surface area contributed by atoms with Crippen LogP contribution in [0.2, 0.25) is 0 Å². The van der Waals surface area contributed by atoms with Gasteiger partial charge >= 0.3 is 11.7 Å². The van der Waals surface area contributed by atoms with E-state index in [2.05, 4.69) is 9.72 Å². The minimum absolute atomic E-state index is 0.154. The summed E-state index contributed by atoms with van der Waals surface area (Å²) >= 11 is 1.34. The number of ether oxygens (including phenoxy) is 1. The van der Waals surface area contributed by atoms with Gasteiger partial charge in [0.05, 0.1) is 12.5 Å². The van der Waals surface area contributed by atoms with E-state index in [4.69, 9.17) is 0 Å². The molecule has 0 unspecified atom stereocenters. The Balaban J connectivity index is 1.79. The number of aromatic nitrogens is 2. The number of esters is 1. The van der Waals surface area contributed by atoms with Crippen molar-refractivity contribution in [3.05, 3.63) is 68.7 Å². The minimum atomic E-state index is -0.464. The number of carbonyl (C=O) groups is 1. The number of hydrogen-bond acceptors (Lipinski definition) is 5. The van der Waals surface area contributed by atoms with Gasteiger partial charge in [0.2, 0.25) is 0 Å². The van der Waals surface area contributed by atoms with Crippen LogP contribution in [0.3, 0.4) is 0 Å². The Bertz CT molecular complexity index is 1300. The summed E-state index contributed by atoms with van der Waals surface area (Å²) in [5.41, 5.74) is 0.922. The van der Waals surface area contributed by atoms with Crippen molar-refractivity contribution in [1.29, 1.82) is 0 Å². The lowest BCUT2D eigenvalue weighted by Crippen LogP contribution is -2.35. The number of aromatic amines is 1. The van der Waals surface area contributed by atoms with Gasteiger partial charge in [-0.15, -0.1) is 11.3 Å². The maximum absolute atomic E-state index is 13.0. The van der Waals surface area contributed by atoms with Gasteiger partial charge in [0.15, 0.2) is 0 Å². The van der Waals surface area contributed by atoms with Crippen LogP contribution in [0, 0.1) is 0 Å². The third-order valence-electron chi connectivity index (χ3n) is 4.77. The van der Waals surface area contributed by atoms with Crippen LogP contribution < -0.4 is 11.2 Å². The SMILES string of the molecule is COC(=O)CCCn1c(=O)[nH]c2scc(-c3ccc4ccccc4c3)c2c1=O. The number of nitrogens with one attached hydrogen (secondary N) is 1. The first-order chi connectivity index (χ1) is 13.6. The Kier molecular flexibility index (Phi) is 4.83. The lowest BCUT2D eigenvalue weighted by Gasteiger charge is -2.06. The fraction of sp³-hybridized carbons (Fsp3) is 0.190. The van der Waals surface area contributed by atoms with Gasteiger partial charge in [-0.05, 0) is 28.8 Å². The lowest BCUT2D eigenvalue weighted by atomic mass is 10.0. The molecule has 4 aromatic rings. The van der Waals surface area contributed by atoms with Crippen LogP contribution in [-0.2, 0) is 16.1 Å². The quantitative estimate of drug-likeness (QED) is 0.525. The molecule has 0 aliphatic rings. The standard InChI is InChI=1S/C21H18N2O4S/c1-27-17(24)7-4-10-23-20(25)18-16(12-28-19(18)22-21(23)26)15-9-8-13-5-2-3-6-14(13)11-15/h2-3,5-6,8-9,11-12H,4,7,10H2,1H3,(H,22,26). The van der Waals surface area contributed by atoms with Gasteiger partial charge in [0.1, 0.15) is 4.83 Å². The Morgan fingerprint density at radius 3 is 2.71 bits per heavy atom. The largest absolute Gasteiger partial charge is 0.469 e. The number of rotatable bonds is 5. The summed E-state index contributed by atoms with van der Waals surface area (Å²) in [7, 11) is 1.31. The van der Waals surface area contributed by atoms with E-state index in [9.17, 15) is 14.4 Å². The molecule has 0 bridgehead atoms. The number of benzene rings is 2. The van der Waals surface area contributed by atoms with Crippen LogP contribution in [0.4, 0.5) is 0 Å². The highest BCUT2D eigenvalue weighted by molar-refractivity contribution is 7.17. The zero-order valence-corrected chi connectivity index (χ0v) is 16.0. The van der Waals surface area contributed by atoms with E-state index in [1.807, 2.05) is 47.8 Å². The van der Waals surface area contributed by atoms with E-state index < -0.39 is 5.69 Å². The lowest BCUT2D eigenvalue weighted by molar-refractivity contribution is -0.140. The molecule has 2 aromatic heterocycles. The average Bonchev–Trinajstić information content (AvgIpc) is 3.13. The normalized spacial score (nSPS) is 11.2. The zero-order chi connectivity index (χ0) is 19.7. The topological polar surface area (TPSA) is 81.2 Å². The maximum atomic E-state index is 13.0. The molecule has 28 heavy (non-hydrogen) atoms. The number of nitrogens with zero attached hydrogens (tertiary/aromatic N) is 1.